The molecule has 0 aliphatic carbocycles. The highest BCUT2D eigenvalue weighted by Gasteiger charge is 2.34. The number of aromatic nitrogens is 3. The van der Waals surface area contributed by atoms with Gasteiger partial charge in [0, 0.05) is 73.8 Å². The van der Waals surface area contributed by atoms with Gasteiger partial charge in [-0.3, -0.25) is 19.2 Å². The molecular weight excluding hydrogens is 623 g/mol. The van der Waals surface area contributed by atoms with Crippen molar-refractivity contribution in [3.63, 3.8) is 0 Å². The minimum atomic E-state index is -4.58. The van der Waals surface area contributed by atoms with Crippen molar-refractivity contribution in [1.82, 2.24) is 24.8 Å². The number of carbonyl (C=O) groups is 1. The third-order valence-electron chi connectivity index (χ3n) is 7.02. The van der Waals surface area contributed by atoms with Gasteiger partial charge in [0.15, 0.2) is 0 Å². The van der Waals surface area contributed by atoms with Crippen LogP contribution < -0.4 is 10.6 Å². The van der Waals surface area contributed by atoms with Crippen molar-refractivity contribution in [3.8, 4) is 11.3 Å². The molecule has 1 aliphatic heterocycles. The molecule has 0 radical (unpaired) electrons. The van der Waals surface area contributed by atoms with E-state index in [0.29, 0.717) is 42.4 Å². The number of piperazine rings is 1. The molecular formula is C31H34F3N7O4S. The molecule has 3 heterocycles. The number of aryl methyl sites for hydroxylation is 1. The number of alkyl halides is 3. The average Bonchev–Trinajstić information content (AvgIpc) is 2.99. The summed E-state index contributed by atoms with van der Waals surface area (Å²) in [6, 6.07) is 14.5. The minimum absolute atomic E-state index is 0.0676. The van der Waals surface area contributed by atoms with E-state index >= 15 is 0 Å². The molecule has 2 aromatic heterocycles. The van der Waals surface area contributed by atoms with Gasteiger partial charge in [0.25, 0.3) is 16.0 Å². The summed E-state index contributed by atoms with van der Waals surface area (Å²) in [6.45, 7) is 5.06. The summed E-state index contributed by atoms with van der Waals surface area (Å²) in [5, 5.41) is 5.89. The maximum Gasteiger partial charge on any atom is 0.416 e. The van der Waals surface area contributed by atoms with Crippen LogP contribution in [0.25, 0.3) is 11.3 Å². The molecule has 11 nitrogen and oxygen atoms in total. The van der Waals surface area contributed by atoms with Crippen molar-refractivity contribution < 1.29 is 30.9 Å². The van der Waals surface area contributed by atoms with E-state index in [4.69, 9.17) is 4.55 Å². The largest absolute Gasteiger partial charge is 0.416 e. The third-order valence-corrected chi connectivity index (χ3v) is 7.02. The zero-order valence-corrected chi connectivity index (χ0v) is 26.2. The maximum absolute atomic E-state index is 14.0. The van der Waals surface area contributed by atoms with Crippen LogP contribution in [0.2, 0.25) is 0 Å². The quantitative estimate of drug-likeness (QED) is 0.230. The molecule has 15 heteroatoms. The molecule has 5 rings (SSSR count). The average molecular weight is 658 g/mol. The lowest BCUT2D eigenvalue weighted by Crippen LogP contribution is -2.44. The minimum Gasteiger partial charge on any atom is -0.324 e. The van der Waals surface area contributed by atoms with Crippen molar-refractivity contribution in [1.29, 1.82) is 0 Å². The van der Waals surface area contributed by atoms with Gasteiger partial charge < -0.3 is 15.5 Å². The summed E-state index contributed by atoms with van der Waals surface area (Å²) < 4.78 is 67.9. The smallest absolute Gasteiger partial charge is 0.324 e. The highest BCUT2D eigenvalue weighted by atomic mass is 32.2. The highest BCUT2D eigenvalue weighted by molar-refractivity contribution is 7.85. The number of likely N-dealkylation sites (N-methyl/N-ethyl adjacent to an activating group) is 1. The topological polar surface area (TPSA) is 141 Å². The van der Waals surface area contributed by atoms with E-state index in [9.17, 15) is 26.4 Å². The number of hydrogen-bond donors (Lipinski definition) is 3. The van der Waals surface area contributed by atoms with Gasteiger partial charge >= 0.3 is 6.18 Å². The van der Waals surface area contributed by atoms with Crippen LogP contribution in [0.4, 0.5) is 30.5 Å². The normalized spacial score (nSPS) is 14.2. The van der Waals surface area contributed by atoms with Crippen LogP contribution in [-0.4, -0.2) is 83.1 Å². The number of hydrogen-bond acceptors (Lipinski definition) is 9. The zero-order valence-electron chi connectivity index (χ0n) is 25.4. The van der Waals surface area contributed by atoms with Crippen LogP contribution in [-0.2, 0) is 22.8 Å². The fraction of sp³-hybridized carbons (Fsp3) is 0.290. The summed E-state index contributed by atoms with van der Waals surface area (Å²) in [4.78, 5) is 30.1. The summed E-state index contributed by atoms with van der Waals surface area (Å²) in [5.41, 5.74) is 2.76. The zero-order chi connectivity index (χ0) is 33.5. The van der Waals surface area contributed by atoms with Crippen molar-refractivity contribution in [2.75, 3.05) is 50.1 Å². The van der Waals surface area contributed by atoms with Gasteiger partial charge in [0.05, 0.1) is 17.5 Å². The fourth-order valence-electron chi connectivity index (χ4n) is 4.62. The first-order chi connectivity index (χ1) is 21.7. The molecule has 0 unspecified atom stereocenters. The Morgan fingerprint density at radius 2 is 1.74 bits per heavy atom. The van der Waals surface area contributed by atoms with Crippen LogP contribution in [0.3, 0.4) is 0 Å². The molecule has 0 spiro atoms. The van der Waals surface area contributed by atoms with E-state index < -0.39 is 27.8 Å². The summed E-state index contributed by atoms with van der Waals surface area (Å²) in [5.74, 6) is -0.282. The molecule has 1 saturated heterocycles. The Morgan fingerprint density at radius 1 is 1.02 bits per heavy atom. The molecule has 3 N–H and O–H groups in total. The van der Waals surface area contributed by atoms with E-state index in [1.54, 1.807) is 42.9 Å². The Morgan fingerprint density at radius 3 is 2.39 bits per heavy atom. The number of nitrogens with zero attached hydrogens (tertiary/aromatic N) is 5. The summed E-state index contributed by atoms with van der Waals surface area (Å²) >= 11 is 0. The SMILES string of the molecule is CS(=O)(=O)O.Cc1ccc(NC(=O)c2ccc(CN3CCN(C)CC3)c(C(F)(F)F)c2)cc1Nc1nccc(-c2cccnc2)n1. The predicted molar refractivity (Wildman–Crippen MR) is 169 cm³/mol. The van der Waals surface area contributed by atoms with Gasteiger partial charge in [-0.2, -0.15) is 21.6 Å². The van der Waals surface area contributed by atoms with E-state index in [1.807, 2.05) is 31.0 Å². The van der Waals surface area contributed by atoms with Gasteiger partial charge in [-0.15, -0.1) is 0 Å². The molecule has 1 fully saturated rings. The lowest BCUT2D eigenvalue weighted by atomic mass is 10.0. The molecule has 4 aromatic rings. The second kappa shape index (κ2) is 14.8. The molecule has 1 aliphatic rings. The predicted octanol–water partition coefficient (Wildman–Crippen LogP) is 5.11. The maximum atomic E-state index is 14.0. The molecule has 244 valence electrons. The van der Waals surface area contributed by atoms with E-state index in [-0.39, 0.29) is 17.7 Å². The van der Waals surface area contributed by atoms with Crippen LogP contribution in [0.1, 0.15) is 27.0 Å². The first-order valence-electron chi connectivity index (χ1n) is 14.1. The Labute approximate surface area is 265 Å². The van der Waals surface area contributed by atoms with Crippen molar-refractivity contribution in [2.24, 2.45) is 0 Å². The number of rotatable bonds is 7. The number of amides is 1. The Balaban J connectivity index is 0.000000892. The van der Waals surface area contributed by atoms with Gasteiger partial charge in [-0.05, 0) is 67.6 Å². The Hall–Kier alpha value is -4.44. The molecule has 0 saturated carbocycles. The van der Waals surface area contributed by atoms with Gasteiger partial charge in [-0.25, -0.2) is 9.97 Å². The van der Waals surface area contributed by atoms with Crippen LogP contribution in [0.5, 0.6) is 0 Å². The highest BCUT2D eigenvalue weighted by Crippen LogP contribution is 2.34. The number of benzene rings is 2. The Bertz CT molecular complexity index is 1760. The summed E-state index contributed by atoms with van der Waals surface area (Å²) in [6.07, 6.45) is 1.15. The molecule has 1 amide bonds. The van der Waals surface area contributed by atoms with Crippen LogP contribution in [0.15, 0.2) is 73.2 Å². The van der Waals surface area contributed by atoms with Crippen molar-refractivity contribution in [3.05, 3.63) is 95.4 Å². The van der Waals surface area contributed by atoms with E-state index in [1.165, 1.54) is 12.1 Å². The number of anilines is 3. The van der Waals surface area contributed by atoms with Crippen LogP contribution >= 0.6 is 0 Å². The Kier molecular flexibility index (Phi) is 11.1. The van der Waals surface area contributed by atoms with Crippen LogP contribution in [0, 0.1) is 6.92 Å². The van der Waals surface area contributed by atoms with E-state index in [2.05, 4.69) is 30.5 Å². The molecule has 2 aromatic carbocycles. The number of halogens is 3. The second-order valence-electron chi connectivity index (χ2n) is 10.8. The standard InChI is InChI=1S/C30H30F3N7O.CH4O3S/c1-20-5-8-24(17-27(20)38-29-35-11-9-26(37-29)22-4-3-10-34-18-22)36-28(41)21-6-7-23(25(16-21)30(31,32)33)19-40-14-12-39(2)13-15-40;1-5(2,3)4/h3-11,16-18H,12-15,19H2,1-2H3,(H,36,41)(H,35,37,38);1H3,(H,2,3,4). The first kappa shape index (κ1) is 34.4. The first-order valence-corrected chi connectivity index (χ1v) is 16.0. The number of nitrogens with one attached hydrogen (secondary N) is 2. The second-order valence-corrected chi connectivity index (χ2v) is 12.3. The number of pyridine rings is 1. The lowest BCUT2D eigenvalue weighted by molar-refractivity contribution is -0.138. The van der Waals surface area contributed by atoms with Crippen molar-refractivity contribution >= 4 is 33.3 Å². The van der Waals surface area contributed by atoms with E-state index in [0.717, 1.165) is 30.3 Å². The third kappa shape index (κ3) is 10.3. The van der Waals surface area contributed by atoms with Gasteiger partial charge in [-0.1, -0.05) is 12.1 Å². The van der Waals surface area contributed by atoms with Gasteiger partial charge in [0.1, 0.15) is 0 Å². The van der Waals surface area contributed by atoms with Gasteiger partial charge in [0.2, 0.25) is 5.95 Å². The fourth-order valence-corrected chi connectivity index (χ4v) is 4.62. The molecule has 46 heavy (non-hydrogen) atoms. The van der Waals surface area contributed by atoms with Crippen molar-refractivity contribution in [2.45, 2.75) is 19.6 Å². The molecule has 0 bridgehead atoms. The lowest BCUT2D eigenvalue weighted by Gasteiger charge is -2.33. The molecule has 0 atom stereocenters. The monoisotopic (exact) mass is 657 g/mol. The summed E-state index contributed by atoms with van der Waals surface area (Å²) in [7, 11) is -1.67. The number of carbonyl (C=O) groups excluding carboxylic acids is 1.